The smallest absolute Gasteiger partial charge is 0.293 e. The molecule has 1 aromatic rings. The quantitative estimate of drug-likeness (QED) is 0.579. The highest BCUT2D eigenvalue weighted by Gasteiger charge is 2.09. The largest absolute Gasteiger partial charge is 0.373 e. The Labute approximate surface area is 96.3 Å². The van der Waals surface area contributed by atoms with Gasteiger partial charge in [0, 0.05) is 0 Å². The molecular formula is C13H18O3. The van der Waals surface area contributed by atoms with Gasteiger partial charge in [0.2, 0.25) is 0 Å². The van der Waals surface area contributed by atoms with Crippen molar-refractivity contribution in [3.63, 3.8) is 0 Å². The predicted molar refractivity (Wildman–Crippen MR) is 62.2 cm³/mol. The van der Waals surface area contributed by atoms with Crippen LogP contribution in [0.4, 0.5) is 0 Å². The molecule has 0 bridgehead atoms. The van der Waals surface area contributed by atoms with Gasteiger partial charge in [0.05, 0.1) is 11.7 Å². The van der Waals surface area contributed by atoms with Gasteiger partial charge in [-0.1, -0.05) is 26.0 Å². The lowest BCUT2D eigenvalue weighted by molar-refractivity contribution is -0.265. The van der Waals surface area contributed by atoms with Crippen molar-refractivity contribution in [1.82, 2.24) is 0 Å². The maximum Gasteiger partial charge on any atom is 0.373 e. The van der Waals surface area contributed by atoms with Gasteiger partial charge in [-0.2, -0.15) is 4.89 Å². The molecule has 3 nitrogen and oxygen atoms in total. The monoisotopic (exact) mass is 222 g/mol. The first kappa shape index (κ1) is 12.7. The van der Waals surface area contributed by atoms with Gasteiger partial charge in [-0.25, -0.2) is 4.79 Å². The van der Waals surface area contributed by atoms with E-state index >= 15 is 0 Å². The molecule has 0 aliphatic carbocycles. The van der Waals surface area contributed by atoms with E-state index in [1.165, 1.54) is 5.56 Å². The lowest BCUT2D eigenvalue weighted by Crippen LogP contribution is -2.10. The Morgan fingerprint density at radius 3 is 2.06 bits per heavy atom. The maximum atomic E-state index is 11.5. The number of hydrogen-bond donors (Lipinski definition) is 0. The fourth-order valence-corrected chi connectivity index (χ4v) is 1.19. The Hall–Kier alpha value is -1.35. The van der Waals surface area contributed by atoms with Crippen LogP contribution in [-0.2, 0) is 9.78 Å². The van der Waals surface area contributed by atoms with Crippen LogP contribution < -0.4 is 0 Å². The van der Waals surface area contributed by atoms with Crippen molar-refractivity contribution < 1.29 is 14.6 Å². The number of rotatable bonds is 4. The molecule has 1 rings (SSSR count). The minimum atomic E-state index is -0.455. The van der Waals surface area contributed by atoms with Gasteiger partial charge < -0.3 is 0 Å². The predicted octanol–water partition coefficient (Wildman–Crippen LogP) is 3.31. The van der Waals surface area contributed by atoms with E-state index in [9.17, 15) is 4.79 Å². The molecule has 16 heavy (non-hydrogen) atoms. The lowest BCUT2D eigenvalue weighted by atomic mass is 10.0. The minimum absolute atomic E-state index is 0.126. The summed E-state index contributed by atoms with van der Waals surface area (Å²) in [6.45, 7) is 7.81. The van der Waals surface area contributed by atoms with E-state index in [1.54, 1.807) is 26.0 Å². The van der Waals surface area contributed by atoms with Crippen LogP contribution in [0.1, 0.15) is 49.5 Å². The first-order chi connectivity index (χ1) is 7.50. The summed E-state index contributed by atoms with van der Waals surface area (Å²) in [5.41, 5.74) is 1.70. The molecule has 3 heteroatoms. The van der Waals surface area contributed by atoms with Crippen LogP contribution in [0.5, 0.6) is 0 Å². The molecule has 1 aromatic carbocycles. The third-order valence-electron chi connectivity index (χ3n) is 2.13. The molecule has 0 aliphatic rings. The van der Waals surface area contributed by atoms with Gasteiger partial charge >= 0.3 is 5.97 Å². The summed E-state index contributed by atoms with van der Waals surface area (Å²) in [5, 5.41) is 0. The van der Waals surface area contributed by atoms with Gasteiger partial charge in [0.25, 0.3) is 0 Å². The van der Waals surface area contributed by atoms with E-state index in [1.807, 2.05) is 12.1 Å². The normalized spacial score (nSPS) is 10.9. The molecule has 0 unspecified atom stereocenters. The first-order valence-corrected chi connectivity index (χ1v) is 5.48. The lowest BCUT2D eigenvalue weighted by Gasteiger charge is -2.07. The highest BCUT2D eigenvalue weighted by Crippen LogP contribution is 2.15. The second kappa shape index (κ2) is 5.66. The molecule has 0 N–H and O–H groups in total. The summed E-state index contributed by atoms with van der Waals surface area (Å²) in [4.78, 5) is 20.9. The zero-order valence-electron chi connectivity index (χ0n) is 10.2. The average molecular weight is 222 g/mol. The van der Waals surface area contributed by atoms with Crippen molar-refractivity contribution in [2.45, 2.75) is 39.7 Å². The van der Waals surface area contributed by atoms with Gasteiger partial charge in [-0.3, -0.25) is 4.89 Å². The van der Waals surface area contributed by atoms with Crippen molar-refractivity contribution in [1.29, 1.82) is 0 Å². The summed E-state index contributed by atoms with van der Waals surface area (Å²) < 4.78 is 0. The molecule has 0 aromatic heterocycles. The fourth-order valence-electron chi connectivity index (χ4n) is 1.19. The standard InChI is InChI=1S/C13H18O3/c1-9(2)11-5-7-12(8-6-11)13(14)16-15-10(3)4/h5-10H,1-4H3. The van der Waals surface area contributed by atoms with E-state index in [0.717, 1.165) is 0 Å². The van der Waals surface area contributed by atoms with Crippen molar-refractivity contribution in [2.75, 3.05) is 0 Å². The molecule has 0 saturated heterocycles. The highest BCUT2D eigenvalue weighted by molar-refractivity contribution is 5.88. The Morgan fingerprint density at radius 2 is 1.62 bits per heavy atom. The molecule has 0 aliphatic heterocycles. The second-order valence-electron chi connectivity index (χ2n) is 4.29. The van der Waals surface area contributed by atoms with Crippen LogP contribution in [-0.4, -0.2) is 12.1 Å². The first-order valence-electron chi connectivity index (χ1n) is 5.48. The number of benzene rings is 1. The van der Waals surface area contributed by atoms with E-state index < -0.39 is 5.97 Å². The summed E-state index contributed by atoms with van der Waals surface area (Å²) in [7, 11) is 0. The summed E-state index contributed by atoms with van der Waals surface area (Å²) in [6, 6.07) is 7.36. The molecule has 0 atom stereocenters. The second-order valence-corrected chi connectivity index (χ2v) is 4.29. The Bertz CT molecular complexity index is 339. The fraction of sp³-hybridized carbons (Fsp3) is 0.462. The van der Waals surface area contributed by atoms with Gasteiger partial charge in [-0.15, -0.1) is 0 Å². The zero-order valence-corrected chi connectivity index (χ0v) is 10.2. The van der Waals surface area contributed by atoms with Crippen LogP contribution in [0.2, 0.25) is 0 Å². The molecule has 0 fully saturated rings. The number of carbonyl (C=O) groups is 1. The van der Waals surface area contributed by atoms with Crippen LogP contribution >= 0.6 is 0 Å². The zero-order chi connectivity index (χ0) is 12.1. The Kier molecular flexibility index (Phi) is 4.50. The average Bonchev–Trinajstić information content (AvgIpc) is 2.26. The van der Waals surface area contributed by atoms with E-state index in [0.29, 0.717) is 11.5 Å². The maximum absolute atomic E-state index is 11.5. The van der Waals surface area contributed by atoms with E-state index in [2.05, 4.69) is 18.7 Å². The van der Waals surface area contributed by atoms with E-state index in [4.69, 9.17) is 4.89 Å². The van der Waals surface area contributed by atoms with Crippen molar-refractivity contribution in [3.8, 4) is 0 Å². The van der Waals surface area contributed by atoms with Crippen molar-refractivity contribution >= 4 is 5.97 Å². The summed E-state index contributed by atoms with van der Waals surface area (Å²) >= 11 is 0. The highest BCUT2D eigenvalue weighted by atomic mass is 17.2. The van der Waals surface area contributed by atoms with Crippen LogP contribution in [0.25, 0.3) is 0 Å². The third-order valence-corrected chi connectivity index (χ3v) is 2.13. The SMILES string of the molecule is CC(C)OOC(=O)c1ccc(C(C)C)cc1. The molecule has 0 spiro atoms. The van der Waals surface area contributed by atoms with Crippen molar-refractivity contribution in [3.05, 3.63) is 35.4 Å². The molecule has 0 heterocycles. The van der Waals surface area contributed by atoms with Crippen LogP contribution in [0.3, 0.4) is 0 Å². The molecule has 0 amide bonds. The molecule has 0 radical (unpaired) electrons. The summed E-state index contributed by atoms with van der Waals surface area (Å²) in [5.74, 6) is 0.000917. The third kappa shape index (κ3) is 3.66. The topological polar surface area (TPSA) is 35.5 Å². The Balaban J connectivity index is 2.63. The molecule has 0 saturated carbocycles. The molecular weight excluding hydrogens is 204 g/mol. The van der Waals surface area contributed by atoms with Gasteiger partial charge in [0.15, 0.2) is 0 Å². The van der Waals surface area contributed by atoms with E-state index in [-0.39, 0.29) is 6.10 Å². The van der Waals surface area contributed by atoms with Crippen LogP contribution in [0, 0.1) is 0 Å². The number of carbonyl (C=O) groups excluding carboxylic acids is 1. The summed E-state index contributed by atoms with van der Waals surface area (Å²) in [6.07, 6.45) is -0.126. The van der Waals surface area contributed by atoms with Crippen molar-refractivity contribution in [2.24, 2.45) is 0 Å². The minimum Gasteiger partial charge on any atom is -0.293 e. The van der Waals surface area contributed by atoms with Gasteiger partial charge in [0.1, 0.15) is 0 Å². The number of hydrogen-bond acceptors (Lipinski definition) is 3. The van der Waals surface area contributed by atoms with Gasteiger partial charge in [-0.05, 0) is 37.5 Å². The molecule has 88 valence electrons. The Morgan fingerprint density at radius 1 is 1.06 bits per heavy atom. The van der Waals surface area contributed by atoms with Crippen LogP contribution in [0.15, 0.2) is 24.3 Å².